The number of rotatable bonds is 12. The molecular weight excluding hydrogens is 610 g/mol. The first-order valence-corrected chi connectivity index (χ1v) is 14.4. The summed E-state index contributed by atoms with van der Waals surface area (Å²) in [5, 5.41) is 26.0. The van der Waals surface area contributed by atoms with Crippen molar-refractivity contribution in [1.82, 2.24) is 35.7 Å². The second-order valence-corrected chi connectivity index (χ2v) is 10.4. The number of hydrogen-bond donors (Lipinski definition) is 3. The van der Waals surface area contributed by atoms with Gasteiger partial charge >= 0.3 is 6.09 Å². The zero-order valence-corrected chi connectivity index (χ0v) is 25.0. The molecule has 5 rings (SSSR count). The molecule has 0 radical (unpaired) electrons. The number of primary amides is 1. The van der Waals surface area contributed by atoms with Crippen molar-refractivity contribution in [3.63, 3.8) is 0 Å². The Bertz CT molecular complexity index is 1830. The van der Waals surface area contributed by atoms with Crippen molar-refractivity contribution in [1.29, 1.82) is 0 Å². The maximum atomic E-state index is 13.3. The summed E-state index contributed by atoms with van der Waals surface area (Å²) >= 11 is 6.22. The summed E-state index contributed by atoms with van der Waals surface area (Å²) in [6.45, 7) is -0.108. The highest BCUT2D eigenvalue weighted by Gasteiger charge is 2.18. The molecule has 0 saturated heterocycles. The minimum absolute atomic E-state index is 0.0590. The molecule has 13 nitrogen and oxygen atoms in total. The predicted molar refractivity (Wildman–Crippen MR) is 170 cm³/mol. The monoisotopic (exact) mass is 637 g/mol. The number of nitrogens with one attached hydrogen (secondary N) is 2. The Kier molecular flexibility index (Phi) is 10.4. The number of benzene rings is 3. The highest BCUT2D eigenvalue weighted by molar-refractivity contribution is 6.30. The van der Waals surface area contributed by atoms with Gasteiger partial charge in [0.1, 0.15) is 12.9 Å². The Hall–Kier alpha value is -5.95. The molecule has 232 valence electrons. The quantitative estimate of drug-likeness (QED) is 0.168. The van der Waals surface area contributed by atoms with Crippen LogP contribution in [0.5, 0.6) is 0 Å². The van der Waals surface area contributed by atoms with Gasteiger partial charge in [-0.2, -0.15) is 14.9 Å². The molecule has 0 aliphatic carbocycles. The van der Waals surface area contributed by atoms with Crippen molar-refractivity contribution < 1.29 is 19.1 Å². The lowest BCUT2D eigenvalue weighted by Crippen LogP contribution is -2.29. The molecule has 1 atom stereocenters. The van der Waals surface area contributed by atoms with E-state index in [4.69, 9.17) is 22.1 Å². The number of nitrogens with two attached hydrogens (primary N) is 1. The van der Waals surface area contributed by atoms with E-state index in [0.29, 0.717) is 34.1 Å². The molecule has 0 bridgehead atoms. The Morgan fingerprint density at radius 2 is 1.78 bits per heavy atom. The predicted octanol–water partition coefficient (Wildman–Crippen LogP) is 4.31. The van der Waals surface area contributed by atoms with Gasteiger partial charge in [-0.25, -0.2) is 4.79 Å². The van der Waals surface area contributed by atoms with Gasteiger partial charge in [-0.3, -0.25) is 14.9 Å². The van der Waals surface area contributed by atoms with E-state index >= 15 is 0 Å². The SMILES string of the molecule is NC(=O)CCOC(=O)Nc1ccc(-c2cnnc(C(Cc3ccccc3)NC(=O)/C=C/c3cc(Cl)ccc3-n3cnnn3)c2)cc1. The molecule has 2 aromatic heterocycles. The summed E-state index contributed by atoms with van der Waals surface area (Å²) in [7, 11) is 0. The Morgan fingerprint density at radius 1 is 0.978 bits per heavy atom. The van der Waals surface area contributed by atoms with Crippen LogP contribution in [0.15, 0.2) is 97.5 Å². The van der Waals surface area contributed by atoms with Gasteiger partial charge < -0.3 is 15.8 Å². The van der Waals surface area contributed by atoms with E-state index in [1.54, 1.807) is 54.7 Å². The molecule has 0 fully saturated rings. The topological polar surface area (TPSA) is 180 Å². The standard InChI is InChI=1S/C32H28ClN9O4/c33-25-9-12-29(42-20-36-40-41-42)23(17-25)8-13-31(44)38-27(16-21-4-2-1-3-5-21)28-18-24(19-35-39-28)22-6-10-26(11-7-22)37-32(45)46-15-14-30(34)43/h1-13,17-20,27H,14-16H2,(H2,34,43)(H,37,45)(H,38,44)/b13-8+. The lowest BCUT2D eigenvalue weighted by atomic mass is 10.00. The number of tetrazole rings is 1. The molecular formula is C32H28ClN9O4. The van der Waals surface area contributed by atoms with E-state index < -0.39 is 18.0 Å². The average Bonchev–Trinajstić information content (AvgIpc) is 3.59. The number of nitrogens with zero attached hydrogens (tertiary/aromatic N) is 6. The highest BCUT2D eigenvalue weighted by Crippen LogP contribution is 2.25. The molecule has 1 unspecified atom stereocenters. The number of hydrogen-bond acceptors (Lipinski definition) is 9. The smallest absolute Gasteiger partial charge is 0.411 e. The molecule has 3 aromatic carbocycles. The third-order valence-corrected chi connectivity index (χ3v) is 6.91. The van der Waals surface area contributed by atoms with Gasteiger partial charge in [-0.05, 0) is 70.4 Å². The second-order valence-electron chi connectivity index (χ2n) is 9.97. The summed E-state index contributed by atoms with van der Waals surface area (Å²) in [6.07, 6.45) is 5.84. The largest absolute Gasteiger partial charge is 0.449 e. The molecule has 14 heteroatoms. The Morgan fingerprint density at radius 3 is 2.52 bits per heavy atom. The minimum Gasteiger partial charge on any atom is -0.449 e. The third kappa shape index (κ3) is 8.80. The molecule has 46 heavy (non-hydrogen) atoms. The number of carbonyl (C=O) groups excluding carboxylic acids is 3. The van der Waals surface area contributed by atoms with E-state index in [9.17, 15) is 14.4 Å². The average molecular weight is 638 g/mol. The highest BCUT2D eigenvalue weighted by atomic mass is 35.5. The molecule has 4 N–H and O–H groups in total. The first-order valence-electron chi connectivity index (χ1n) is 14.0. The number of halogens is 1. The normalized spacial score (nSPS) is 11.6. The van der Waals surface area contributed by atoms with Crippen molar-refractivity contribution in [3.05, 3.63) is 119 Å². The van der Waals surface area contributed by atoms with Gasteiger partial charge in [-0.15, -0.1) is 5.10 Å². The zero-order chi connectivity index (χ0) is 32.3. The molecule has 0 aliphatic heterocycles. The van der Waals surface area contributed by atoms with Gasteiger partial charge in [0.2, 0.25) is 11.8 Å². The molecule has 2 heterocycles. The van der Waals surface area contributed by atoms with Gasteiger partial charge in [0, 0.05) is 27.9 Å². The molecule has 0 saturated carbocycles. The lowest BCUT2D eigenvalue weighted by molar-refractivity contribution is -0.119. The van der Waals surface area contributed by atoms with E-state index in [1.165, 1.54) is 17.1 Å². The van der Waals surface area contributed by atoms with Crippen molar-refractivity contribution in [2.24, 2.45) is 5.73 Å². The maximum absolute atomic E-state index is 13.3. The van der Waals surface area contributed by atoms with Gasteiger partial charge in [0.15, 0.2) is 0 Å². The number of amides is 3. The van der Waals surface area contributed by atoms with E-state index in [2.05, 4.69) is 36.4 Å². The van der Waals surface area contributed by atoms with Crippen LogP contribution in [0, 0.1) is 0 Å². The van der Waals surface area contributed by atoms with Crippen LogP contribution in [0.2, 0.25) is 5.02 Å². The van der Waals surface area contributed by atoms with E-state index in [1.807, 2.05) is 36.4 Å². The Labute approximate surface area is 268 Å². The van der Waals surface area contributed by atoms with Crippen LogP contribution >= 0.6 is 11.6 Å². The number of anilines is 1. The lowest BCUT2D eigenvalue weighted by Gasteiger charge is -2.18. The summed E-state index contributed by atoms with van der Waals surface area (Å²) in [5.41, 5.74) is 9.98. The number of ether oxygens (including phenoxy) is 1. The summed E-state index contributed by atoms with van der Waals surface area (Å²) < 4.78 is 6.42. The van der Waals surface area contributed by atoms with Crippen molar-refractivity contribution in [3.8, 4) is 16.8 Å². The van der Waals surface area contributed by atoms with E-state index in [0.717, 1.165) is 16.7 Å². The number of aromatic nitrogens is 6. The number of carbonyl (C=O) groups is 3. The van der Waals surface area contributed by atoms with Crippen LogP contribution in [0.3, 0.4) is 0 Å². The van der Waals surface area contributed by atoms with Gasteiger partial charge in [-0.1, -0.05) is 54.1 Å². The van der Waals surface area contributed by atoms with Crippen LogP contribution < -0.4 is 16.4 Å². The first-order chi connectivity index (χ1) is 22.3. The summed E-state index contributed by atoms with van der Waals surface area (Å²) in [5.74, 6) is -0.910. The third-order valence-electron chi connectivity index (χ3n) is 6.68. The fraction of sp³-hybridized carbons (Fsp3) is 0.125. The molecule has 0 spiro atoms. The van der Waals surface area contributed by atoms with Crippen molar-refractivity contribution in [2.45, 2.75) is 18.9 Å². The van der Waals surface area contributed by atoms with Crippen LogP contribution in [-0.2, 0) is 20.7 Å². The van der Waals surface area contributed by atoms with Gasteiger partial charge in [0.05, 0.1) is 30.0 Å². The Balaban J connectivity index is 1.33. The van der Waals surface area contributed by atoms with Crippen LogP contribution in [0.4, 0.5) is 10.5 Å². The van der Waals surface area contributed by atoms with Crippen LogP contribution in [0.1, 0.15) is 29.3 Å². The molecule has 0 aliphatic rings. The minimum atomic E-state index is -0.697. The molecule has 5 aromatic rings. The van der Waals surface area contributed by atoms with Crippen LogP contribution in [-0.4, -0.2) is 54.9 Å². The first kappa shape index (κ1) is 31.5. The van der Waals surface area contributed by atoms with Crippen molar-refractivity contribution in [2.75, 3.05) is 11.9 Å². The maximum Gasteiger partial charge on any atom is 0.411 e. The van der Waals surface area contributed by atoms with E-state index in [-0.39, 0.29) is 18.9 Å². The fourth-order valence-corrected chi connectivity index (χ4v) is 4.64. The van der Waals surface area contributed by atoms with Gasteiger partial charge in [0.25, 0.3) is 0 Å². The zero-order valence-electron chi connectivity index (χ0n) is 24.3. The summed E-state index contributed by atoms with van der Waals surface area (Å²) in [6, 6.07) is 23.3. The fourth-order valence-electron chi connectivity index (χ4n) is 4.46. The molecule has 3 amide bonds. The van der Waals surface area contributed by atoms with Crippen molar-refractivity contribution >= 4 is 41.3 Å². The summed E-state index contributed by atoms with van der Waals surface area (Å²) in [4.78, 5) is 36.0. The second kappa shape index (κ2) is 15.2. The van der Waals surface area contributed by atoms with Crippen LogP contribution in [0.25, 0.3) is 22.9 Å².